The Hall–Kier alpha value is -2.19. The zero-order chi connectivity index (χ0) is 18.8. The molecule has 0 aromatic carbocycles. The Labute approximate surface area is 159 Å². The van der Waals surface area contributed by atoms with E-state index in [0.717, 1.165) is 64.4 Å². The van der Waals surface area contributed by atoms with E-state index in [2.05, 4.69) is 21.5 Å². The summed E-state index contributed by atoms with van der Waals surface area (Å²) in [4.78, 5) is 21.2. The summed E-state index contributed by atoms with van der Waals surface area (Å²) in [5, 5.41) is 4.84. The minimum Gasteiger partial charge on any atom is -0.376 e. The van der Waals surface area contributed by atoms with Crippen molar-refractivity contribution in [1.82, 2.24) is 29.1 Å². The predicted octanol–water partition coefficient (Wildman–Crippen LogP) is 1.06. The van der Waals surface area contributed by atoms with Crippen molar-refractivity contribution in [3.05, 3.63) is 35.2 Å². The molecule has 146 valence electrons. The maximum atomic E-state index is 12.7. The second kappa shape index (κ2) is 7.82. The smallest absolute Gasteiger partial charge is 0.274 e. The molecule has 2 aromatic heterocycles. The fourth-order valence-corrected chi connectivity index (χ4v) is 4.00. The number of aromatic nitrogens is 4. The van der Waals surface area contributed by atoms with Crippen LogP contribution in [0.15, 0.2) is 12.5 Å². The van der Waals surface area contributed by atoms with Crippen LogP contribution in [-0.4, -0.2) is 67.8 Å². The average Bonchev–Trinajstić information content (AvgIpc) is 3.18. The van der Waals surface area contributed by atoms with Crippen molar-refractivity contribution in [2.24, 2.45) is 7.05 Å². The molecule has 4 heterocycles. The SMILES string of the molecule is CCn1nc(CN2CCCN(C(=O)c3cn(C)cn3)CC2)c2c1CCOC2. The molecule has 0 saturated carbocycles. The summed E-state index contributed by atoms with van der Waals surface area (Å²) in [6.07, 6.45) is 5.37. The number of fused-ring (bicyclic) bond motifs is 1. The fraction of sp³-hybridized carbons (Fsp3) is 0.632. The number of imidazole rings is 1. The summed E-state index contributed by atoms with van der Waals surface area (Å²) in [5.74, 6) is 0.0264. The van der Waals surface area contributed by atoms with Crippen LogP contribution < -0.4 is 0 Å². The lowest BCUT2D eigenvalue weighted by molar-refractivity contribution is 0.0755. The van der Waals surface area contributed by atoms with Crippen LogP contribution >= 0.6 is 0 Å². The van der Waals surface area contributed by atoms with Gasteiger partial charge in [0.2, 0.25) is 0 Å². The van der Waals surface area contributed by atoms with Crippen LogP contribution in [0.2, 0.25) is 0 Å². The van der Waals surface area contributed by atoms with Gasteiger partial charge >= 0.3 is 0 Å². The highest BCUT2D eigenvalue weighted by Crippen LogP contribution is 2.22. The molecule has 4 rings (SSSR count). The lowest BCUT2D eigenvalue weighted by Crippen LogP contribution is -2.35. The first-order valence-electron chi connectivity index (χ1n) is 9.80. The van der Waals surface area contributed by atoms with Gasteiger partial charge in [0.1, 0.15) is 5.69 Å². The zero-order valence-electron chi connectivity index (χ0n) is 16.2. The van der Waals surface area contributed by atoms with Crippen LogP contribution in [0.4, 0.5) is 0 Å². The molecule has 0 radical (unpaired) electrons. The van der Waals surface area contributed by atoms with Crippen molar-refractivity contribution in [3.8, 4) is 0 Å². The molecule has 1 fully saturated rings. The summed E-state index contributed by atoms with van der Waals surface area (Å²) in [5.41, 5.74) is 4.27. The van der Waals surface area contributed by atoms with E-state index in [4.69, 9.17) is 9.84 Å². The molecular formula is C19H28N6O2. The molecule has 8 nitrogen and oxygen atoms in total. The Morgan fingerprint density at radius 3 is 2.93 bits per heavy atom. The molecule has 27 heavy (non-hydrogen) atoms. The molecule has 2 aliphatic rings. The standard InChI is InChI=1S/C19H28N6O2/c1-3-25-18-5-10-27-13-15(18)16(21-25)12-23-6-4-7-24(9-8-23)19(26)17-11-22(2)14-20-17/h11,14H,3-10,12-13H2,1-2H3. The first-order valence-corrected chi connectivity index (χ1v) is 9.80. The number of hydrogen-bond acceptors (Lipinski definition) is 5. The van der Waals surface area contributed by atoms with Crippen molar-refractivity contribution in [2.45, 2.75) is 39.5 Å². The number of aryl methyl sites for hydroxylation is 2. The van der Waals surface area contributed by atoms with E-state index in [-0.39, 0.29) is 5.91 Å². The highest BCUT2D eigenvalue weighted by Gasteiger charge is 2.25. The van der Waals surface area contributed by atoms with Gasteiger partial charge in [-0.3, -0.25) is 14.4 Å². The van der Waals surface area contributed by atoms with Crippen LogP contribution in [-0.2, 0) is 37.9 Å². The number of carbonyl (C=O) groups is 1. The van der Waals surface area contributed by atoms with Gasteiger partial charge in [-0.1, -0.05) is 0 Å². The van der Waals surface area contributed by atoms with Crippen molar-refractivity contribution < 1.29 is 9.53 Å². The van der Waals surface area contributed by atoms with E-state index in [0.29, 0.717) is 12.3 Å². The molecule has 0 bridgehead atoms. The van der Waals surface area contributed by atoms with Gasteiger partial charge in [0.15, 0.2) is 0 Å². The third kappa shape index (κ3) is 3.77. The fourth-order valence-electron chi connectivity index (χ4n) is 4.00. The predicted molar refractivity (Wildman–Crippen MR) is 100 cm³/mol. The lowest BCUT2D eigenvalue weighted by Gasteiger charge is -2.21. The molecule has 1 saturated heterocycles. The number of carbonyl (C=O) groups excluding carboxylic acids is 1. The topological polar surface area (TPSA) is 68.4 Å². The minimum atomic E-state index is 0.0264. The molecule has 8 heteroatoms. The van der Waals surface area contributed by atoms with Gasteiger partial charge in [0, 0.05) is 70.2 Å². The molecule has 2 aromatic rings. The summed E-state index contributed by atoms with van der Waals surface area (Å²) >= 11 is 0. The molecule has 0 aliphatic carbocycles. The average molecular weight is 372 g/mol. The molecule has 0 unspecified atom stereocenters. The number of nitrogens with zero attached hydrogens (tertiary/aromatic N) is 6. The molecule has 0 spiro atoms. The maximum Gasteiger partial charge on any atom is 0.274 e. The number of amides is 1. The Morgan fingerprint density at radius 1 is 1.26 bits per heavy atom. The van der Waals surface area contributed by atoms with Crippen LogP contribution in [0.5, 0.6) is 0 Å². The summed E-state index contributed by atoms with van der Waals surface area (Å²) in [7, 11) is 1.88. The summed E-state index contributed by atoms with van der Waals surface area (Å²) in [6.45, 7) is 8.64. The molecule has 2 aliphatic heterocycles. The van der Waals surface area contributed by atoms with Crippen LogP contribution in [0.25, 0.3) is 0 Å². The normalized spacial score (nSPS) is 18.4. The highest BCUT2D eigenvalue weighted by atomic mass is 16.5. The van der Waals surface area contributed by atoms with E-state index in [1.165, 1.54) is 11.3 Å². The molecular weight excluding hydrogens is 344 g/mol. The lowest BCUT2D eigenvalue weighted by atomic mass is 10.1. The van der Waals surface area contributed by atoms with Gasteiger partial charge in [-0.15, -0.1) is 0 Å². The highest BCUT2D eigenvalue weighted by molar-refractivity contribution is 5.92. The molecule has 1 amide bonds. The van der Waals surface area contributed by atoms with Gasteiger partial charge in [-0.05, 0) is 13.3 Å². The van der Waals surface area contributed by atoms with Crippen LogP contribution in [0, 0.1) is 0 Å². The van der Waals surface area contributed by atoms with Crippen molar-refractivity contribution in [1.29, 1.82) is 0 Å². The quantitative estimate of drug-likeness (QED) is 0.803. The Balaban J connectivity index is 1.42. The number of hydrogen-bond donors (Lipinski definition) is 0. The Morgan fingerprint density at radius 2 is 2.15 bits per heavy atom. The second-order valence-corrected chi connectivity index (χ2v) is 7.34. The van der Waals surface area contributed by atoms with E-state index in [9.17, 15) is 4.79 Å². The monoisotopic (exact) mass is 372 g/mol. The van der Waals surface area contributed by atoms with Gasteiger partial charge in [0.05, 0.1) is 25.2 Å². The Kier molecular flexibility index (Phi) is 5.27. The van der Waals surface area contributed by atoms with E-state index in [1.54, 1.807) is 12.5 Å². The van der Waals surface area contributed by atoms with Gasteiger partial charge < -0.3 is 14.2 Å². The third-order valence-corrected chi connectivity index (χ3v) is 5.45. The minimum absolute atomic E-state index is 0.0264. The summed E-state index contributed by atoms with van der Waals surface area (Å²) < 4.78 is 9.61. The van der Waals surface area contributed by atoms with Crippen molar-refractivity contribution in [3.63, 3.8) is 0 Å². The second-order valence-electron chi connectivity index (χ2n) is 7.34. The van der Waals surface area contributed by atoms with E-state index < -0.39 is 0 Å². The van der Waals surface area contributed by atoms with E-state index >= 15 is 0 Å². The van der Waals surface area contributed by atoms with Crippen molar-refractivity contribution in [2.75, 3.05) is 32.8 Å². The summed E-state index contributed by atoms with van der Waals surface area (Å²) in [6, 6.07) is 0. The van der Waals surface area contributed by atoms with Gasteiger partial charge in [-0.25, -0.2) is 4.98 Å². The third-order valence-electron chi connectivity index (χ3n) is 5.45. The largest absolute Gasteiger partial charge is 0.376 e. The first kappa shape index (κ1) is 18.2. The molecule has 0 atom stereocenters. The molecule has 0 N–H and O–H groups in total. The number of rotatable bonds is 4. The first-order chi connectivity index (χ1) is 13.2. The van der Waals surface area contributed by atoms with Crippen molar-refractivity contribution >= 4 is 5.91 Å². The maximum absolute atomic E-state index is 12.7. The van der Waals surface area contributed by atoms with Gasteiger partial charge in [0.25, 0.3) is 5.91 Å². The van der Waals surface area contributed by atoms with Crippen LogP contribution in [0.1, 0.15) is 40.8 Å². The Bertz CT molecular complexity index is 811. The van der Waals surface area contributed by atoms with Crippen LogP contribution in [0.3, 0.4) is 0 Å². The van der Waals surface area contributed by atoms with E-state index in [1.807, 2.05) is 16.5 Å². The number of ether oxygens (including phenoxy) is 1. The van der Waals surface area contributed by atoms with Gasteiger partial charge in [-0.2, -0.15) is 5.10 Å². The zero-order valence-corrected chi connectivity index (χ0v) is 16.2.